The molecule has 3 nitrogen and oxygen atoms in total. The second kappa shape index (κ2) is 8.34. The van der Waals surface area contributed by atoms with Crippen LogP contribution < -0.4 is 0 Å². The van der Waals surface area contributed by atoms with Crippen molar-refractivity contribution >= 4 is 0 Å². The lowest BCUT2D eigenvalue weighted by atomic mass is 10.4. The van der Waals surface area contributed by atoms with Crippen LogP contribution in [0.1, 0.15) is 6.42 Å². The van der Waals surface area contributed by atoms with Gasteiger partial charge in [0.15, 0.2) is 0 Å². The Bertz CT molecular complexity index is 114. The van der Waals surface area contributed by atoms with Crippen molar-refractivity contribution in [3.05, 3.63) is 0 Å². The van der Waals surface area contributed by atoms with Crippen molar-refractivity contribution in [3.63, 3.8) is 0 Å². The molecule has 80 valence electrons. The van der Waals surface area contributed by atoms with E-state index in [1.54, 1.807) is 0 Å². The minimum atomic E-state index is -2.38. The fourth-order valence-electron chi connectivity index (χ4n) is 0.891. The van der Waals surface area contributed by atoms with Crippen LogP contribution in [-0.4, -0.2) is 56.4 Å². The third-order valence-electron chi connectivity index (χ3n) is 1.55. The molecule has 0 aromatic carbocycles. The Kier molecular flexibility index (Phi) is 8.18. The zero-order valence-corrected chi connectivity index (χ0v) is 7.88. The molecule has 1 N–H and O–H groups in total. The molecule has 0 saturated carbocycles. The predicted molar refractivity (Wildman–Crippen MR) is 46.0 cm³/mol. The van der Waals surface area contributed by atoms with Gasteiger partial charge in [0.05, 0.1) is 6.61 Å². The Balaban J connectivity index is 3.06. The quantitative estimate of drug-likeness (QED) is 0.578. The molecular weight excluding hydrogens is 180 g/mol. The standard InChI is InChI=1S/C8H17F2NO2/c1-11(4-5-12)3-2-6-13-7-8(9)10/h8,12H,2-7H2,1H3. The number of hydrogen-bond acceptors (Lipinski definition) is 3. The first kappa shape index (κ1) is 12.7. The highest BCUT2D eigenvalue weighted by atomic mass is 19.3. The monoisotopic (exact) mass is 197 g/mol. The molecule has 0 saturated heterocycles. The predicted octanol–water partition coefficient (Wildman–Crippen LogP) is 0.582. The van der Waals surface area contributed by atoms with Crippen LogP contribution in [-0.2, 0) is 4.74 Å². The Hall–Kier alpha value is -0.260. The Labute approximate surface area is 77.3 Å². The first-order valence-corrected chi connectivity index (χ1v) is 4.32. The molecule has 0 unspecified atom stereocenters. The SMILES string of the molecule is CN(CCO)CCCOCC(F)F. The van der Waals surface area contributed by atoms with Gasteiger partial charge in [-0.3, -0.25) is 0 Å². The minimum Gasteiger partial charge on any atom is -0.395 e. The maximum atomic E-state index is 11.6. The van der Waals surface area contributed by atoms with Gasteiger partial charge in [-0.1, -0.05) is 0 Å². The lowest BCUT2D eigenvalue weighted by molar-refractivity contribution is 0.0148. The smallest absolute Gasteiger partial charge is 0.261 e. The minimum absolute atomic E-state index is 0.119. The van der Waals surface area contributed by atoms with Crippen LogP contribution >= 0.6 is 0 Å². The summed E-state index contributed by atoms with van der Waals surface area (Å²) in [5.41, 5.74) is 0. The summed E-state index contributed by atoms with van der Waals surface area (Å²) in [6.07, 6.45) is -1.67. The molecule has 0 aromatic heterocycles. The molecule has 0 atom stereocenters. The van der Waals surface area contributed by atoms with Gasteiger partial charge < -0.3 is 14.7 Å². The van der Waals surface area contributed by atoms with Gasteiger partial charge in [0.25, 0.3) is 6.43 Å². The van der Waals surface area contributed by atoms with E-state index in [1.165, 1.54) is 0 Å². The molecule has 0 bridgehead atoms. The number of nitrogens with zero attached hydrogens (tertiary/aromatic N) is 1. The largest absolute Gasteiger partial charge is 0.395 e. The second-order valence-electron chi connectivity index (χ2n) is 2.85. The maximum Gasteiger partial charge on any atom is 0.261 e. The van der Waals surface area contributed by atoms with Crippen LogP contribution in [0.15, 0.2) is 0 Å². The molecule has 0 aliphatic rings. The van der Waals surface area contributed by atoms with Gasteiger partial charge in [-0.05, 0) is 13.5 Å². The molecule has 5 heteroatoms. The van der Waals surface area contributed by atoms with Gasteiger partial charge in [-0.2, -0.15) is 0 Å². The number of aliphatic hydroxyl groups is 1. The summed E-state index contributed by atoms with van der Waals surface area (Å²) >= 11 is 0. The van der Waals surface area contributed by atoms with Crippen molar-refractivity contribution in [3.8, 4) is 0 Å². The van der Waals surface area contributed by atoms with E-state index in [2.05, 4.69) is 4.74 Å². The fraction of sp³-hybridized carbons (Fsp3) is 1.00. The Morgan fingerprint density at radius 1 is 1.38 bits per heavy atom. The lowest BCUT2D eigenvalue weighted by Crippen LogP contribution is -2.24. The summed E-state index contributed by atoms with van der Waals surface area (Å²) in [6.45, 7) is 1.34. The van der Waals surface area contributed by atoms with Crippen LogP contribution in [0, 0.1) is 0 Å². The summed E-state index contributed by atoms with van der Waals surface area (Å²) < 4.78 is 27.8. The molecule has 0 amide bonds. The average Bonchev–Trinajstić information content (AvgIpc) is 2.03. The van der Waals surface area contributed by atoms with E-state index in [0.29, 0.717) is 19.6 Å². The number of ether oxygens (including phenoxy) is 1. The first-order valence-electron chi connectivity index (χ1n) is 4.32. The zero-order chi connectivity index (χ0) is 10.1. The summed E-state index contributed by atoms with van der Waals surface area (Å²) in [5.74, 6) is 0. The topological polar surface area (TPSA) is 32.7 Å². The van der Waals surface area contributed by atoms with Crippen LogP contribution in [0.5, 0.6) is 0 Å². The molecule has 13 heavy (non-hydrogen) atoms. The average molecular weight is 197 g/mol. The van der Waals surface area contributed by atoms with Crippen LogP contribution in [0.3, 0.4) is 0 Å². The van der Waals surface area contributed by atoms with E-state index in [1.807, 2.05) is 11.9 Å². The van der Waals surface area contributed by atoms with Crippen molar-refractivity contribution in [1.29, 1.82) is 0 Å². The Morgan fingerprint density at radius 3 is 2.62 bits per heavy atom. The molecule has 0 aliphatic carbocycles. The third kappa shape index (κ3) is 9.66. The van der Waals surface area contributed by atoms with Gasteiger partial charge >= 0.3 is 0 Å². The van der Waals surface area contributed by atoms with E-state index in [9.17, 15) is 8.78 Å². The van der Waals surface area contributed by atoms with Crippen LogP contribution in [0.2, 0.25) is 0 Å². The summed E-state index contributed by atoms with van der Waals surface area (Å²) in [4.78, 5) is 1.92. The molecule has 0 spiro atoms. The fourth-order valence-corrected chi connectivity index (χ4v) is 0.891. The number of aliphatic hydroxyl groups excluding tert-OH is 1. The van der Waals surface area contributed by atoms with Crippen molar-refractivity contribution in [2.75, 3.05) is 40.0 Å². The zero-order valence-electron chi connectivity index (χ0n) is 7.88. The van der Waals surface area contributed by atoms with E-state index in [0.717, 1.165) is 6.54 Å². The normalized spacial score (nSPS) is 11.5. The van der Waals surface area contributed by atoms with Gasteiger partial charge in [-0.15, -0.1) is 0 Å². The molecule has 0 rings (SSSR count). The molecule has 0 aromatic rings. The van der Waals surface area contributed by atoms with E-state index < -0.39 is 13.0 Å². The van der Waals surface area contributed by atoms with Crippen molar-refractivity contribution in [1.82, 2.24) is 4.90 Å². The molecule has 0 radical (unpaired) electrons. The maximum absolute atomic E-state index is 11.6. The number of halogens is 2. The van der Waals surface area contributed by atoms with Crippen LogP contribution in [0.25, 0.3) is 0 Å². The highest BCUT2D eigenvalue weighted by Gasteiger charge is 2.01. The molecule has 0 heterocycles. The number of alkyl halides is 2. The molecule has 0 fully saturated rings. The summed E-state index contributed by atoms with van der Waals surface area (Å²) in [5, 5.41) is 8.54. The van der Waals surface area contributed by atoms with Gasteiger partial charge in [-0.25, -0.2) is 8.78 Å². The number of rotatable bonds is 8. The van der Waals surface area contributed by atoms with E-state index in [-0.39, 0.29) is 6.61 Å². The van der Waals surface area contributed by atoms with Gasteiger partial charge in [0.2, 0.25) is 0 Å². The summed E-state index contributed by atoms with van der Waals surface area (Å²) in [6, 6.07) is 0. The second-order valence-corrected chi connectivity index (χ2v) is 2.85. The molecule has 0 aliphatic heterocycles. The number of hydrogen-bond donors (Lipinski definition) is 1. The van der Waals surface area contributed by atoms with Crippen molar-refractivity contribution < 1.29 is 18.6 Å². The highest BCUT2D eigenvalue weighted by molar-refractivity contribution is 4.49. The molecular formula is C8H17F2NO2. The van der Waals surface area contributed by atoms with Crippen molar-refractivity contribution in [2.24, 2.45) is 0 Å². The highest BCUT2D eigenvalue weighted by Crippen LogP contribution is 1.94. The lowest BCUT2D eigenvalue weighted by Gasteiger charge is -2.14. The Morgan fingerprint density at radius 2 is 2.08 bits per heavy atom. The summed E-state index contributed by atoms with van der Waals surface area (Å²) in [7, 11) is 1.86. The van der Waals surface area contributed by atoms with Crippen molar-refractivity contribution in [2.45, 2.75) is 12.8 Å². The van der Waals surface area contributed by atoms with E-state index >= 15 is 0 Å². The van der Waals surface area contributed by atoms with Gasteiger partial charge in [0, 0.05) is 19.7 Å². The van der Waals surface area contributed by atoms with Gasteiger partial charge in [0.1, 0.15) is 6.61 Å². The van der Waals surface area contributed by atoms with E-state index in [4.69, 9.17) is 5.11 Å². The third-order valence-corrected chi connectivity index (χ3v) is 1.55. The number of likely N-dealkylation sites (N-methyl/N-ethyl adjacent to an activating group) is 1. The first-order chi connectivity index (χ1) is 6.16. The van der Waals surface area contributed by atoms with Crippen LogP contribution in [0.4, 0.5) is 8.78 Å².